The Hall–Kier alpha value is -4.39. The van der Waals surface area contributed by atoms with Crippen LogP contribution in [0.5, 0.6) is 11.6 Å². The van der Waals surface area contributed by atoms with Crippen molar-refractivity contribution in [1.29, 1.82) is 0 Å². The normalized spacial score (nSPS) is 25.1. The molecule has 2 aliphatic heterocycles. The van der Waals surface area contributed by atoms with Crippen LogP contribution < -0.4 is 20.1 Å². The summed E-state index contributed by atoms with van der Waals surface area (Å²) in [5, 5.41) is 20.5. The van der Waals surface area contributed by atoms with Crippen LogP contribution in [-0.2, 0) is 9.59 Å². The zero-order valence-electron chi connectivity index (χ0n) is 26.5. The highest BCUT2D eigenvalue weighted by atomic mass is 32.1. The third kappa shape index (κ3) is 6.33. The number of carbonyl (C=O) groups is 3. The van der Waals surface area contributed by atoms with Crippen molar-refractivity contribution in [3.05, 3.63) is 41.8 Å². The topological polar surface area (TPSA) is 146 Å². The van der Waals surface area contributed by atoms with Gasteiger partial charge >= 0.3 is 12.0 Å². The molecule has 0 unspecified atom stereocenters. The minimum atomic E-state index is -1.36. The van der Waals surface area contributed by atoms with E-state index in [-0.39, 0.29) is 31.0 Å². The number of nitrogens with zero attached hydrogens (tertiary/aromatic N) is 4. The van der Waals surface area contributed by atoms with Crippen molar-refractivity contribution in [2.45, 2.75) is 69.7 Å². The maximum atomic E-state index is 13.8. The number of fused-ring (bicyclic) bond motifs is 3. The van der Waals surface area contributed by atoms with Crippen molar-refractivity contribution in [1.82, 2.24) is 25.1 Å². The first kappa shape index (κ1) is 31.6. The summed E-state index contributed by atoms with van der Waals surface area (Å²) in [5.74, 6) is -0.812. The fourth-order valence-electron chi connectivity index (χ4n) is 6.21. The molecule has 2 aromatic heterocycles. The van der Waals surface area contributed by atoms with E-state index in [2.05, 4.69) is 10.6 Å². The van der Waals surface area contributed by atoms with Crippen LogP contribution in [0.1, 0.15) is 46.0 Å². The number of allylic oxidation sites excluding steroid dienone is 1. The Balaban J connectivity index is 1.32. The molecule has 4 atom stereocenters. The van der Waals surface area contributed by atoms with Gasteiger partial charge in [-0.25, -0.2) is 19.6 Å². The molecule has 13 heteroatoms. The molecule has 3 N–H and O–H groups in total. The number of amides is 3. The third-order valence-corrected chi connectivity index (χ3v) is 9.60. The lowest BCUT2D eigenvalue weighted by Gasteiger charge is -2.29. The number of aromatic nitrogens is 2. The summed E-state index contributed by atoms with van der Waals surface area (Å²) in [6.45, 7) is 4.79. The van der Waals surface area contributed by atoms with E-state index in [4.69, 9.17) is 19.4 Å². The molecule has 4 heterocycles. The Bertz CT molecular complexity index is 1680. The van der Waals surface area contributed by atoms with Crippen molar-refractivity contribution >= 4 is 45.1 Å². The number of benzene rings is 1. The molecular formula is C33H40N6O6S. The van der Waals surface area contributed by atoms with E-state index in [0.29, 0.717) is 36.0 Å². The van der Waals surface area contributed by atoms with Crippen LogP contribution in [0.4, 0.5) is 9.93 Å². The van der Waals surface area contributed by atoms with Crippen LogP contribution in [0.2, 0.25) is 0 Å². The van der Waals surface area contributed by atoms with Gasteiger partial charge in [-0.05, 0) is 69.2 Å². The molecule has 1 aliphatic carbocycles. The number of urea groups is 1. The SMILES string of the molecule is COc1ccc2c(O[C@@H]3C[C@H]4C(=O)N[C@]5(C(=O)O)C[C@H]5C=CCCCCN(C)C(=O)N4C3)nc(-c3csc(NC(C)C)n3)cc2c1. The second-order valence-corrected chi connectivity index (χ2v) is 13.4. The summed E-state index contributed by atoms with van der Waals surface area (Å²) in [4.78, 5) is 52.5. The number of methoxy groups -OCH3 is 1. The molecule has 1 aromatic carbocycles. The summed E-state index contributed by atoms with van der Waals surface area (Å²) in [6, 6.07) is 6.58. The number of carboxylic acids is 1. The standard InChI is InChI=1S/C33H40N6O6S/c1-19(2)34-31-36-26(18-46-31)25-14-20-13-22(44-4)10-11-24(20)29(35-25)45-23-15-27-28(40)37-33(30(41)42)16-21(33)9-7-5-6-8-12-38(3)32(43)39(27)17-23/h7,9-11,13-14,18-19,21,23,27H,5-6,8,12,15-17H2,1-4H3,(H,34,36)(H,37,40)(H,41,42)/t21-,23-,27+,33-/m1/s1. The first-order valence-corrected chi connectivity index (χ1v) is 16.6. The van der Waals surface area contributed by atoms with Gasteiger partial charge in [0.2, 0.25) is 11.8 Å². The monoisotopic (exact) mass is 648 g/mol. The zero-order valence-corrected chi connectivity index (χ0v) is 27.3. The molecule has 0 spiro atoms. The number of thiazole rings is 1. The predicted octanol–water partition coefficient (Wildman–Crippen LogP) is 4.76. The first-order chi connectivity index (χ1) is 22.1. The molecule has 244 valence electrons. The average molecular weight is 649 g/mol. The van der Waals surface area contributed by atoms with Crippen LogP contribution in [-0.4, -0.2) is 93.8 Å². The molecule has 3 amide bonds. The van der Waals surface area contributed by atoms with Gasteiger partial charge in [0.15, 0.2) is 5.13 Å². The van der Waals surface area contributed by atoms with Gasteiger partial charge in [-0.1, -0.05) is 12.2 Å². The number of hydrogen-bond donors (Lipinski definition) is 3. The van der Waals surface area contributed by atoms with Crippen molar-refractivity contribution < 1.29 is 29.0 Å². The van der Waals surface area contributed by atoms with Gasteiger partial charge in [-0.2, -0.15) is 0 Å². The number of ether oxygens (including phenoxy) is 2. The average Bonchev–Trinajstić information content (AvgIpc) is 3.31. The Morgan fingerprint density at radius 1 is 1.20 bits per heavy atom. The van der Waals surface area contributed by atoms with Crippen LogP contribution in [0.25, 0.3) is 22.2 Å². The molecule has 1 saturated heterocycles. The van der Waals surface area contributed by atoms with Gasteiger partial charge in [-0.3, -0.25) is 4.79 Å². The van der Waals surface area contributed by atoms with Gasteiger partial charge in [0.05, 0.1) is 19.3 Å². The van der Waals surface area contributed by atoms with Crippen LogP contribution in [0.15, 0.2) is 41.8 Å². The van der Waals surface area contributed by atoms with Gasteiger partial charge in [0.25, 0.3) is 0 Å². The minimum Gasteiger partial charge on any atom is -0.497 e. The fraction of sp³-hybridized carbons (Fsp3) is 0.485. The smallest absolute Gasteiger partial charge is 0.330 e. The summed E-state index contributed by atoms with van der Waals surface area (Å²) >= 11 is 1.49. The number of hydrogen-bond acceptors (Lipinski definition) is 9. The third-order valence-electron chi connectivity index (χ3n) is 8.82. The largest absolute Gasteiger partial charge is 0.497 e. The molecule has 0 bridgehead atoms. The molecule has 3 aromatic rings. The lowest BCUT2D eigenvalue weighted by molar-refractivity contribution is -0.144. The number of aliphatic carboxylic acids is 1. The van der Waals surface area contributed by atoms with E-state index in [1.54, 1.807) is 19.1 Å². The van der Waals surface area contributed by atoms with E-state index in [1.807, 2.05) is 55.6 Å². The molecule has 3 aliphatic rings. The highest BCUT2D eigenvalue weighted by Crippen LogP contribution is 2.45. The van der Waals surface area contributed by atoms with Gasteiger partial charge < -0.3 is 35.0 Å². The van der Waals surface area contributed by atoms with Crippen LogP contribution in [0.3, 0.4) is 0 Å². The van der Waals surface area contributed by atoms with E-state index in [1.165, 1.54) is 16.2 Å². The fourth-order valence-corrected chi connectivity index (χ4v) is 7.06. The number of nitrogens with one attached hydrogen (secondary N) is 2. The number of pyridine rings is 1. The molecule has 2 fully saturated rings. The first-order valence-electron chi connectivity index (χ1n) is 15.7. The Labute approximate surface area is 271 Å². The molecule has 1 saturated carbocycles. The Morgan fingerprint density at radius 2 is 2.02 bits per heavy atom. The number of carboxylic acid groups (broad SMARTS) is 1. The molecule has 12 nitrogen and oxygen atoms in total. The Kier molecular flexibility index (Phi) is 8.78. The van der Waals surface area contributed by atoms with Gasteiger partial charge in [-0.15, -0.1) is 11.3 Å². The van der Waals surface area contributed by atoms with Crippen molar-refractivity contribution in [3.63, 3.8) is 0 Å². The summed E-state index contributed by atoms with van der Waals surface area (Å²) in [5.41, 5.74) is -0.0566. The highest BCUT2D eigenvalue weighted by Gasteiger charge is 2.61. The second kappa shape index (κ2) is 12.8. The Morgan fingerprint density at radius 3 is 2.78 bits per heavy atom. The minimum absolute atomic E-state index is 0.146. The molecule has 0 radical (unpaired) electrons. The van der Waals surface area contributed by atoms with Crippen molar-refractivity contribution in [2.75, 3.05) is 32.6 Å². The summed E-state index contributed by atoms with van der Waals surface area (Å²) in [6.07, 6.45) is 6.27. The number of rotatable bonds is 7. The van der Waals surface area contributed by atoms with E-state index < -0.39 is 29.6 Å². The summed E-state index contributed by atoms with van der Waals surface area (Å²) in [7, 11) is 3.33. The maximum absolute atomic E-state index is 13.8. The van der Waals surface area contributed by atoms with E-state index >= 15 is 0 Å². The lowest BCUT2D eigenvalue weighted by atomic mass is 10.1. The summed E-state index contributed by atoms with van der Waals surface area (Å²) < 4.78 is 12.0. The van der Waals surface area contributed by atoms with E-state index in [9.17, 15) is 19.5 Å². The van der Waals surface area contributed by atoms with E-state index in [0.717, 1.165) is 35.2 Å². The quantitative estimate of drug-likeness (QED) is 0.309. The van der Waals surface area contributed by atoms with Crippen molar-refractivity contribution in [3.8, 4) is 23.0 Å². The molecular weight excluding hydrogens is 608 g/mol. The molecule has 46 heavy (non-hydrogen) atoms. The van der Waals surface area contributed by atoms with Crippen LogP contribution >= 0.6 is 11.3 Å². The predicted molar refractivity (Wildman–Crippen MR) is 175 cm³/mol. The zero-order chi connectivity index (χ0) is 32.6. The number of carbonyl (C=O) groups excluding carboxylic acids is 2. The van der Waals surface area contributed by atoms with Crippen LogP contribution in [0, 0.1) is 5.92 Å². The maximum Gasteiger partial charge on any atom is 0.330 e. The van der Waals surface area contributed by atoms with Crippen molar-refractivity contribution in [2.24, 2.45) is 5.92 Å². The van der Waals surface area contributed by atoms with Gasteiger partial charge in [0, 0.05) is 42.7 Å². The lowest BCUT2D eigenvalue weighted by Crippen LogP contribution is -2.54. The number of anilines is 1. The highest BCUT2D eigenvalue weighted by molar-refractivity contribution is 7.14. The second-order valence-electron chi connectivity index (χ2n) is 12.6. The molecule has 6 rings (SSSR count). The van der Waals surface area contributed by atoms with Gasteiger partial charge in [0.1, 0.15) is 29.1 Å².